The quantitative estimate of drug-likeness (QED) is 0.253. The van der Waals surface area contributed by atoms with Crippen LogP contribution in [-0.2, 0) is 41.6 Å². The molecule has 0 unspecified atom stereocenters. The summed E-state index contributed by atoms with van der Waals surface area (Å²) in [5.74, 6) is -0.658. The van der Waals surface area contributed by atoms with E-state index in [-0.39, 0.29) is 30.2 Å². The Bertz CT molecular complexity index is 1370. The maximum Gasteiger partial charge on any atom is 0.411 e. The zero-order chi connectivity index (χ0) is 29.3. The summed E-state index contributed by atoms with van der Waals surface area (Å²) >= 11 is 0. The van der Waals surface area contributed by atoms with E-state index in [1.807, 2.05) is 25.1 Å². The van der Waals surface area contributed by atoms with Crippen LogP contribution in [0, 0.1) is 6.92 Å². The van der Waals surface area contributed by atoms with Gasteiger partial charge in [0, 0.05) is 13.0 Å². The number of hydrogen-bond acceptors (Lipinski definition) is 8. The van der Waals surface area contributed by atoms with Crippen LogP contribution in [0.5, 0.6) is 5.75 Å². The average Bonchev–Trinajstić information content (AvgIpc) is 2.89. The number of esters is 1. The van der Waals surface area contributed by atoms with Crippen LogP contribution in [-0.4, -0.2) is 55.3 Å². The minimum atomic E-state index is -4.11. The number of carbonyl (C=O) groups is 2. The number of aryl methyl sites for hydroxylation is 1. The van der Waals surface area contributed by atoms with E-state index in [9.17, 15) is 23.1 Å². The molecule has 0 saturated carbocycles. The molecule has 214 valence electrons. The summed E-state index contributed by atoms with van der Waals surface area (Å²) in [6.07, 6.45) is -0.804. The van der Waals surface area contributed by atoms with Gasteiger partial charge in [-0.2, -0.15) is 8.42 Å². The Morgan fingerprint density at radius 3 is 2.12 bits per heavy atom. The molecule has 0 radical (unpaired) electrons. The predicted octanol–water partition coefficient (Wildman–Crippen LogP) is 5.00. The van der Waals surface area contributed by atoms with Crippen LogP contribution in [0.15, 0.2) is 83.8 Å². The highest BCUT2D eigenvalue weighted by atomic mass is 32.2. The maximum absolute atomic E-state index is 13.4. The van der Waals surface area contributed by atoms with Gasteiger partial charge in [-0.05, 0) is 63.1 Å². The molecule has 3 aromatic rings. The van der Waals surface area contributed by atoms with Gasteiger partial charge in [-0.15, -0.1) is 0 Å². The van der Waals surface area contributed by atoms with E-state index in [0.717, 1.165) is 16.0 Å². The Hall–Kier alpha value is -3.89. The van der Waals surface area contributed by atoms with Crippen molar-refractivity contribution in [2.45, 2.75) is 57.3 Å². The fraction of sp³-hybridized carbons (Fsp3) is 0.333. The second-order valence-electron chi connectivity index (χ2n) is 10.2. The lowest BCUT2D eigenvalue weighted by atomic mass is 10.0. The van der Waals surface area contributed by atoms with Crippen molar-refractivity contribution < 1.29 is 36.8 Å². The van der Waals surface area contributed by atoms with Gasteiger partial charge in [0.25, 0.3) is 10.1 Å². The molecule has 0 aliphatic carbocycles. The summed E-state index contributed by atoms with van der Waals surface area (Å²) in [7, 11) is -4.11. The largest absolute Gasteiger partial charge is 0.508 e. The minimum absolute atomic E-state index is 0.0216. The van der Waals surface area contributed by atoms with Crippen molar-refractivity contribution in [1.82, 2.24) is 4.90 Å². The number of ether oxygens (including phenoxy) is 2. The molecule has 10 heteroatoms. The molecule has 40 heavy (non-hydrogen) atoms. The van der Waals surface area contributed by atoms with Gasteiger partial charge in [-0.3, -0.25) is 9.08 Å². The van der Waals surface area contributed by atoms with Crippen molar-refractivity contribution in [1.29, 1.82) is 0 Å². The highest BCUT2D eigenvalue weighted by Crippen LogP contribution is 2.20. The molecule has 0 heterocycles. The third-order valence-electron chi connectivity index (χ3n) is 5.75. The van der Waals surface area contributed by atoms with Crippen LogP contribution in [0.3, 0.4) is 0 Å². The summed E-state index contributed by atoms with van der Waals surface area (Å²) < 4.78 is 41.8. The Balaban J connectivity index is 1.86. The molecule has 0 bridgehead atoms. The number of rotatable bonds is 11. The number of benzene rings is 3. The molecular formula is C30H35NO8S. The van der Waals surface area contributed by atoms with Gasteiger partial charge in [-0.25, -0.2) is 9.59 Å². The van der Waals surface area contributed by atoms with E-state index < -0.39 is 40.4 Å². The van der Waals surface area contributed by atoms with Crippen molar-refractivity contribution in [3.8, 4) is 5.75 Å². The number of phenols is 1. The van der Waals surface area contributed by atoms with Gasteiger partial charge in [0.2, 0.25) is 0 Å². The topological polar surface area (TPSA) is 119 Å². The van der Waals surface area contributed by atoms with E-state index in [0.29, 0.717) is 5.56 Å². The molecule has 1 atom stereocenters. The molecule has 0 aliphatic heterocycles. The lowest BCUT2D eigenvalue weighted by Gasteiger charge is -2.32. The number of aromatic hydroxyl groups is 1. The molecule has 0 fully saturated rings. The van der Waals surface area contributed by atoms with E-state index in [2.05, 4.69) is 0 Å². The number of hydrogen-bond donors (Lipinski definition) is 1. The number of carbonyl (C=O) groups excluding carboxylic acids is 2. The summed E-state index contributed by atoms with van der Waals surface area (Å²) in [4.78, 5) is 27.9. The van der Waals surface area contributed by atoms with E-state index in [1.54, 1.807) is 57.2 Å². The normalized spacial score (nSPS) is 12.4. The molecule has 0 aliphatic rings. The summed E-state index contributed by atoms with van der Waals surface area (Å²) in [5.41, 5.74) is 1.40. The van der Waals surface area contributed by atoms with Crippen LogP contribution in [0.4, 0.5) is 4.79 Å². The zero-order valence-corrected chi connectivity index (χ0v) is 23.9. The molecule has 9 nitrogen and oxygen atoms in total. The lowest BCUT2D eigenvalue weighted by molar-refractivity contribution is -0.151. The number of amides is 1. The summed E-state index contributed by atoms with van der Waals surface area (Å²) in [5, 5.41) is 9.69. The third kappa shape index (κ3) is 9.39. The second-order valence-corrected chi connectivity index (χ2v) is 11.9. The molecule has 0 aromatic heterocycles. The summed E-state index contributed by atoms with van der Waals surface area (Å²) in [6, 6.07) is 20.3. The third-order valence-corrected chi connectivity index (χ3v) is 7.07. The summed E-state index contributed by atoms with van der Waals surface area (Å²) in [6.45, 7) is 6.17. The molecular weight excluding hydrogens is 534 g/mol. The van der Waals surface area contributed by atoms with Gasteiger partial charge >= 0.3 is 12.1 Å². The molecule has 3 aromatic carbocycles. The first-order valence-corrected chi connectivity index (χ1v) is 14.2. The predicted molar refractivity (Wildman–Crippen MR) is 149 cm³/mol. The lowest BCUT2D eigenvalue weighted by Crippen LogP contribution is -2.50. The average molecular weight is 570 g/mol. The van der Waals surface area contributed by atoms with Gasteiger partial charge in [0.15, 0.2) is 0 Å². The second kappa shape index (κ2) is 13.5. The maximum atomic E-state index is 13.4. The first-order chi connectivity index (χ1) is 18.8. The van der Waals surface area contributed by atoms with Crippen molar-refractivity contribution in [3.05, 3.63) is 95.6 Å². The Morgan fingerprint density at radius 1 is 0.900 bits per heavy atom. The Morgan fingerprint density at radius 2 is 1.52 bits per heavy atom. The van der Waals surface area contributed by atoms with Crippen molar-refractivity contribution in [3.63, 3.8) is 0 Å². The number of phenolic OH excluding ortho intramolecular Hbond substituents is 1. The molecule has 0 saturated heterocycles. The van der Waals surface area contributed by atoms with Gasteiger partial charge in [0.05, 0.1) is 11.5 Å². The first-order valence-electron chi connectivity index (χ1n) is 12.8. The van der Waals surface area contributed by atoms with Gasteiger partial charge in [-0.1, -0.05) is 60.2 Å². The number of nitrogens with zero attached hydrogens (tertiary/aromatic N) is 1. The smallest absolute Gasteiger partial charge is 0.411 e. The van der Waals surface area contributed by atoms with E-state index in [1.165, 1.54) is 24.3 Å². The van der Waals surface area contributed by atoms with Gasteiger partial charge < -0.3 is 14.6 Å². The van der Waals surface area contributed by atoms with Crippen LogP contribution in [0.1, 0.15) is 37.5 Å². The molecule has 0 spiro atoms. The Kier molecular flexibility index (Phi) is 10.3. The molecule has 1 amide bonds. The van der Waals surface area contributed by atoms with E-state index >= 15 is 0 Å². The highest BCUT2D eigenvalue weighted by Gasteiger charge is 2.35. The molecule has 3 rings (SSSR count). The SMILES string of the molecule is Cc1ccc(S(=O)(=O)OCCN(C(=O)OC(C)(C)C)[C@@H](Cc2ccc(O)cc2)C(=O)OCc2ccccc2)cc1. The first kappa shape index (κ1) is 30.6. The highest BCUT2D eigenvalue weighted by molar-refractivity contribution is 7.86. The van der Waals surface area contributed by atoms with Crippen molar-refractivity contribution >= 4 is 22.2 Å². The van der Waals surface area contributed by atoms with Crippen LogP contribution in [0.2, 0.25) is 0 Å². The monoisotopic (exact) mass is 569 g/mol. The van der Waals surface area contributed by atoms with Crippen LogP contribution >= 0.6 is 0 Å². The van der Waals surface area contributed by atoms with Gasteiger partial charge in [0.1, 0.15) is 24.0 Å². The van der Waals surface area contributed by atoms with Crippen molar-refractivity contribution in [2.24, 2.45) is 0 Å². The Labute approximate surface area is 235 Å². The van der Waals surface area contributed by atoms with E-state index in [4.69, 9.17) is 13.7 Å². The fourth-order valence-corrected chi connectivity index (χ4v) is 4.61. The fourth-order valence-electron chi connectivity index (χ4n) is 3.71. The van der Waals surface area contributed by atoms with Crippen molar-refractivity contribution in [2.75, 3.05) is 13.2 Å². The van der Waals surface area contributed by atoms with Crippen LogP contribution in [0.25, 0.3) is 0 Å². The minimum Gasteiger partial charge on any atom is -0.508 e. The van der Waals surface area contributed by atoms with Crippen LogP contribution < -0.4 is 0 Å². The standard InChI is InChI=1S/C30H35NO8S/c1-22-10-16-26(17-11-22)40(35,36)38-19-18-31(29(34)39-30(2,3)4)27(20-23-12-14-25(32)15-13-23)28(33)37-21-24-8-6-5-7-9-24/h5-17,27,32H,18-21H2,1-4H3/t27-/m0/s1. The zero-order valence-electron chi connectivity index (χ0n) is 23.1. The molecule has 1 N–H and O–H groups in total.